The van der Waals surface area contributed by atoms with Crippen molar-refractivity contribution in [1.29, 1.82) is 0 Å². The molecular formula is C19H24IN5. The van der Waals surface area contributed by atoms with Crippen LogP contribution in [0.15, 0.2) is 59.6 Å². The largest absolute Gasteiger partial charge is 0.356 e. The van der Waals surface area contributed by atoms with Crippen molar-refractivity contribution in [2.24, 2.45) is 4.99 Å². The Hall–Kier alpha value is -2.09. The lowest BCUT2D eigenvalue weighted by Gasteiger charge is -2.11. The van der Waals surface area contributed by atoms with E-state index in [9.17, 15) is 0 Å². The van der Waals surface area contributed by atoms with E-state index >= 15 is 0 Å². The number of imidazole rings is 1. The number of halogens is 1. The van der Waals surface area contributed by atoms with Gasteiger partial charge in [-0.25, -0.2) is 4.98 Å². The monoisotopic (exact) mass is 449 g/mol. The maximum atomic E-state index is 4.58. The summed E-state index contributed by atoms with van der Waals surface area (Å²) in [6.07, 6.45) is 1.80. The molecule has 2 aromatic carbocycles. The van der Waals surface area contributed by atoms with E-state index < -0.39 is 0 Å². The zero-order valence-electron chi connectivity index (χ0n) is 14.3. The molecule has 3 aromatic rings. The summed E-state index contributed by atoms with van der Waals surface area (Å²) in [7, 11) is 1.79. The normalized spacial score (nSPS) is 11.2. The summed E-state index contributed by atoms with van der Waals surface area (Å²) in [5.74, 6) is 1.81. The van der Waals surface area contributed by atoms with E-state index in [2.05, 4.69) is 49.9 Å². The Balaban J connectivity index is 0.00000225. The summed E-state index contributed by atoms with van der Waals surface area (Å²) >= 11 is 0. The second-order valence-electron chi connectivity index (χ2n) is 5.61. The first-order valence-electron chi connectivity index (χ1n) is 8.27. The van der Waals surface area contributed by atoms with Crippen molar-refractivity contribution >= 4 is 41.0 Å². The number of H-pyrrole nitrogens is 1. The van der Waals surface area contributed by atoms with Gasteiger partial charge in [0, 0.05) is 26.6 Å². The molecule has 0 saturated carbocycles. The average molecular weight is 449 g/mol. The van der Waals surface area contributed by atoms with Crippen LogP contribution < -0.4 is 10.6 Å². The fourth-order valence-corrected chi connectivity index (χ4v) is 2.61. The first kappa shape index (κ1) is 19.2. The second-order valence-corrected chi connectivity index (χ2v) is 5.61. The fourth-order valence-electron chi connectivity index (χ4n) is 2.61. The van der Waals surface area contributed by atoms with Gasteiger partial charge in [-0.05, 0) is 24.1 Å². The van der Waals surface area contributed by atoms with Gasteiger partial charge >= 0.3 is 0 Å². The summed E-state index contributed by atoms with van der Waals surface area (Å²) in [4.78, 5) is 12.2. The Labute approximate surface area is 165 Å². The van der Waals surface area contributed by atoms with E-state index in [0.29, 0.717) is 0 Å². The van der Waals surface area contributed by atoms with E-state index in [1.165, 1.54) is 5.56 Å². The number of nitrogens with one attached hydrogen (secondary N) is 3. The van der Waals surface area contributed by atoms with Gasteiger partial charge in [0.05, 0.1) is 11.0 Å². The van der Waals surface area contributed by atoms with Gasteiger partial charge in [0.15, 0.2) is 5.96 Å². The van der Waals surface area contributed by atoms with E-state index in [4.69, 9.17) is 0 Å². The van der Waals surface area contributed by atoms with Crippen LogP contribution in [-0.2, 0) is 12.8 Å². The van der Waals surface area contributed by atoms with Crippen molar-refractivity contribution in [1.82, 2.24) is 20.6 Å². The molecule has 0 amide bonds. The molecule has 0 aliphatic carbocycles. The number of aromatic amines is 1. The summed E-state index contributed by atoms with van der Waals surface area (Å²) in [5, 5.41) is 6.67. The van der Waals surface area contributed by atoms with Crippen LogP contribution >= 0.6 is 24.0 Å². The second kappa shape index (κ2) is 10.0. The number of aromatic nitrogens is 2. The summed E-state index contributed by atoms with van der Waals surface area (Å²) in [6.45, 7) is 1.64. The maximum absolute atomic E-state index is 4.58. The van der Waals surface area contributed by atoms with E-state index in [-0.39, 0.29) is 24.0 Å². The number of fused-ring (bicyclic) bond motifs is 1. The van der Waals surface area contributed by atoms with Crippen molar-refractivity contribution in [3.05, 3.63) is 66.0 Å². The lowest BCUT2D eigenvalue weighted by molar-refractivity contribution is 0.770. The molecule has 0 unspecified atom stereocenters. The molecular weight excluding hydrogens is 425 g/mol. The molecule has 3 rings (SSSR count). The van der Waals surface area contributed by atoms with Gasteiger partial charge in [-0.15, -0.1) is 24.0 Å². The zero-order chi connectivity index (χ0) is 16.6. The highest BCUT2D eigenvalue weighted by Crippen LogP contribution is 2.10. The predicted octanol–water partition coefficient (Wildman–Crippen LogP) is 3.13. The Morgan fingerprint density at radius 2 is 1.64 bits per heavy atom. The maximum Gasteiger partial charge on any atom is 0.191 e. The number of aliphatic imine (C=N–C) groups is 1. The zero-order valence-corrected chi connectivity index (χ0v) is 16.7. The number of nitrogens with zero attached hydrogens (tertiary/aromatic N) is 2. The molecule has 6 heteroatoms. The summed E-state index contributed by atoms with van der Waals surface area (Å²) in [6, 6.07) is 18.5. The Morgan fingerprint density at radius 1 is 0.960 bits per heavy atom. The highest BCUT2D eigenvalue weighted by atomic mass is 127. The third-order valence-electron chi connectivity index (χ3n) is 3.87. The van der Waals surface area contributed by atoms with E-state index in [0.717, 1.165) is 48.7 Å². The molecule has 0 bridgehead atoms. The van der Waals surface area contributed by atoms with Crippen molar-refractivity contribution in [3.63, 3.8) is 0 Å². The van der Waals surface area contributed by atoms with Crippen LogP contribution in [0.1, 0.15) is 11.4 Å². The molecule has 0 radical (unpaired) electrons. The van der Waals surface area contributed by atoms with Crippen LogP contribution in [0.3, 0.4) is 0 Å². The Kier molecular flexibility index (Phi) is 7.72. The van der Waals surface area contributed by atoms with Crippen molar-refractivity contribution < 1.29 is 0 Å². The smallest absolute Gasteiger partial charge is 0.191 e. The molecule has 0 aliphatic rings. The first-order valence-corrected chi connectivity index (χ1v) is 8.27. The summed E-state index contributed by atoms with van der Waals surface area (Å²) < 4.78 is 0. The van der Waals surface area contributed by atoms with Gasteiger partial charge in [0.25, 0.3) is 0 Å². The number of rotatable bonds is 6. The van der Waals surface area contributed by atoms with Crippen LogP contribution in [0.2, 0.25) is 0 Å². The molecule has 132 valence electrons. The van der Waals surface area contributed by atoms with Crippen LogP contribution in [0.5, 0.6) is 0 Å². The first-order chi connectivity index (χ1) is 11.8. The molecule has 3 N–H and O–H groups in total. The van der Waals surface area contributed by atoms with Gasteiger partial charge in [0.1, 0.15) is 5.82 Å². The van der Waals surface area contributed by atoms with Gasteiger partial charge < -0.3 is 15.6 Å². The lowest BCUT2D eigenvalue weighted by atomic mass is 10.1. The van der Waals surface area contributed by atoms with E-state index in [1.807, 2.05) is 30.3 Å². The van der Waals surface area contributed by atoms with Crippen molar-refractivity contribution in [2.45, 2.75) is 12.8 Å². The number of hydrogen-bond acceptors (Lipinski definition) is 2. The van der Waals surface area contributed by atoms with Crippen LogP contribution in [-0.4, -0.2) is 36.1 Å². The Morgan fingerprint density at radius 3 is 2.36 bits per heavy atom. The number of guanidine groups is 1. The minimum Gasteiger partial charge on any atom is -0.356 e. The van der Waals surface area contributed by atoms with Crippen molar-refractivity contribution in [2.75, 3.05) is 20.1 Å². The fraction of sp³-hybridized carbons (Fsp3) is 0.263. The molecule has 1 heterocycles. The van der Waals surface area contributed by atoms with Gasteiger partial charge in [-0.2, -0.15) is 0 Å². The third kappa shape index (κ3) is 5.74. The molecule has 0 atom stereocenters. The third-order valence-corrected chi connectivity index (χ3v) is 3.87. The number of para-hydroxylation sites is 2. The highest BCUT2D eigenvalue weighted by Gasteiger charge is 2.03. The van der Waals surface area contributed by atoms with Crippen LogP contribution in [0.4, 0.5) is 0 Å². The lowest BCUT2D eigenvalue weighted by Crippen LogP contribution is -2.39. The van der Waals surface area contributed by atoms with Crippen molar-refractivity contribution in [3.8, 4) is 0 Å². The highest BCUT2D eigenvalue weighted by molar-refractivity contribution is 14.0. The topological polar surface area (TPSA) is 65.1 Å². The molecule has 0 fully saturated rings. The van der Waals surface area contributed by atoms with E-state index in [1.54, 1.807) is 7.05 Å². The average Bonchev–Trinajstić information content (AvgIpc) is 3.04. The Bertz CT molecular complexity index is 765. The molecule has 0 spiro atoms. The van der Waals surface area contributed by atoms with Gasteiger partial charge in [0.2, 0.25) is 0 Å². The number of hydrogen-bond donors (Lipinski definition) is 3. The van der Waals surface area contributed by atoms with Crippen LogP contribution in [0.25, 0.3) is 11.0 Å². The minimum absolute atomic E-state index is 0. The van der Waals surface area contributed by atoms with Gasteiger partial charge in [-0.3, -0.25) is 4.99 Å². The molecule has 1 aromatic heterocycles. The number of benzene rings is 2. The molecule has 0 aliphatic heterocycles. The predicted molar refractivity (Wildman–Crippen MR) is 115 cm³/mol. The molecule has 25 heavy (non-hydrogen) atoms. The quantitative estimate of drug-likeness (QED) is 0.308. The molecule has 0 saturated heterocycles. The SMILES string of the molecule is CN=C(NCCc1ccccc1)NCCc1nc2ccccc2[nH]1.I. The standard InChI is InChI=1S/C19H23N5.HI/c1-20-19(21-13-11-15-7-3-2-4-8-15)22-14-12-18-23-16-9-5-6-10-17(16)24-18;/h2-10H,11-14H2,1H3,(H,23,24)(H2,20,21,22);1H. The summed E-state index contributed by atoms with van der Waals surface area (Å²) in [5.41, 5.74) is 3.42. The van der Waals surface area contributed by atoms with Gasteiger partial charge in [-0.1, -0.05) is 42.5 Å². The minimum atomic E-state index is 0. The molecule has 5 nitrogen and oxygen atoms in total. The van der Waals surface area contributed by atoms with Crippen LogP contribution in [0, 0.1) is 0 Å².